The van der Waals surface area contributed by atoms with Crippen LogP contribution in [0.15, 0.2) is 0 Å². The third kappa shape index (κ3) is 1.61. The Morgan fingerprint density at radius 3 is 3.00 bits per heavy atom. The first-order chi connectivity index (χ1) is 5.86. The Labute approximate surface area is 72.9 Å². The van der Waals surface area contributed by atoms with Gasteiger partial charge in [0, 0.05) is 12.6 Å². The Morgan fingerprint density at radius 2 is 2.08 bits per heavy atom. The second-order valence-corrected chi connectivity index (χ2v) is 3.85. The number of hydrogen-bond donors (Lipinski definition) is 2. The van der Waals surface area contributed by atoms with Crippen LogP contribution in [0, 0.1) is 5.92 Å². The fraction of sp³-hybridized carbons (Fsp3) is 0.889. The highest BCUT2D eigenvalue weighted by molar-refractivity contribution is 5.78. The van der Waals surface area contributed by atoms with Crippen LogP contribution in [0.1, 0.15) is 25.7 Å². The molecule has 0 aromatic heterocycles. The van der Waals surface area contributed by atoms with Crippen molar-refractivity contribution in [3.63, 3.8) is 0 Å². The van der Waals surface area contributed by atoms with E-state index in [0.29, 0.717) is 18.5 Å². The minimum absolute atomic E-state index is 0.171. The van der Waals surface area contributed by atoms with Gasteiger partial charge in [-0.15, -0.1) is 0 Å². The van der Waals surface area contributed by atoms with Crippen molar-refractivity contribution in [2.24, 2.45) is 5.92 Å². The number of nitrogens with one attached hydrogen (secondary N) is 2. The SMILES string of the molecule is O=C1CNCC2CCCCC2N1. The highest BCUT2D eigenvalue weighted by atomic mass is 16.2. The molecule has 68 valence electrons. The van der Waals surface area contributed by atoms with Crippen LogP contribution in [-0.2, 0) is 4.79 Å². The van der Waals surface area contributed by atoms with E-state index in [9.17, 15) is 4.79 Å². The molecule has 0 bridgehead atoms. The molecule has 2 unspecified atom stereocenters. The van der Waals surface area contributed by atoms with E-state index >= 15 is 0 Å². The maximum atomic E-state index is 11.2. The second-order valence-electron chi connectivity index (χ2n) is 3.85. The summed E-state index contributed by atoms with van der Waals surface area (Å²) in [6.07, 6.45) is 5.07. The summed E-state index contributed by atoms with van der Waals surface area (Å²) in [6.45, 7) is 1.52. The van der Waals surface area contributed by atoms with E-state index in [1.165, 1.54) is 25.7 Å². The van der Waals surface area contributed by atoms with Crippen molar-refractivity contribution in [3.8, 4) is 0 Å². The molecule has 1 aliphatic carbocycles. The van der Waals surface area contributed by atoms with Gasteiger partial charge >= 0.3 is 0 Å². The van der Waals surface area contributed by atoms with Gasteiger partial charge in [-0.1, -0.05) is 12.8 Å². The van der Waals surface area contributed by atoms with Crippen LogP contribution in [0.3, 0.4) is 0 Å². The van der Waals surface area contributed by atoms with Crippen LogP contribution in [0.4, 0.5) is 0 Å². The lowest BCUT2D eigenvalue weighted by atomic mass is 9.85. The molecule has 2 N–H and O–H groups in total. The average molecular weight is 168 g/mol. The molecule has 0 aromatic carbocycles. The average Bonchev–Trinajstić information content (AvgIpc) is 2.25. The molecule has 3 heteroatoms. The molecule has 3 nitrogen and oxygen atoms in total. The van der Waals surface area contributed by atoms with E-state index in [4.69, 9.17) is 0 Å². The molecule has 1 aliphatic heterocycles. The molecule has 12 heavy (non-hydrogen) atoms. The predicted molar refractivity (Wildman–Crippen MR) is 46.8 cm³/mol. The Balaban J connectivity index is 2.01. The number of carbonyl (C=O) groups excluding carboxylic acids is 1. The van der Waals surface area contributed by atoms with E-state index in [1.807, 2.05) is 0 Å². The minimum atomic E-state index is 0.171. The van der Waals surface area contributed by atoms with E-state index in [-0.39, 0.29) is 5.91 Å². The molecular weight excluding hydrogens is 152 g/mol. The van der Waals surface area contributed by atoms with Crippen molar-refractivity contribution in [2.45, 2.75) is 31.7 Å². The number of amides is 1. The van der Waals surface area contributed by atoms with Crippen LogP contribution in [0.5, 0.6) is 0 Å². The largest absolute Gasteiger partial charge is 0.352 e. The zero-order valence-corrected chi connectivity index (χ0v) is 7.31. The number of hydrogen-bond acceptors (Lipinski definition) is 2. The van der Waals surface area contributed by atoms with Crippen molar-refractivity contribution >= 4 is 5.91 Å². The van der Waals surface area contributed by atoms with Crippen LogP contribution in [0.25, 0.3) is 0 Å². The third-order valence-corrected chi connectivity index (χ3v) is 2.95. The van der Waals surface area contributed by atoms with Gasteiger partial charge in [-0.05, 0) is 18.8 Å². The molecule has 0 aromatic rings. The Kier molecular flexibility index (Phi) is 2.30. The molecule has 2 aliphatic rings. The molecule has 1 saturated carbocycles. The number of carbonyl (C=O) groups is 1. The van der Waals surface area contributed by atoms with Crippen molar-refractivity contribution in [1.29, 1.82) is 0 Å². The van der Waals surface area contributed by atoms with Crippen LogP contribution in [0.2, 0.25) is 0 Å². The summed E-state index contributed by atoms with van der Waals surface area (Å²) in [4.78, 5) is 11.2. The van der Waals surface area contributed by atoms with Crippen molar-refractivity contribution in [1.82, 2.24) is 10.6 Å². The fourth-order valence-electron chi connectivity index (χ4n) is 2.27. The van der Waals surface area contributed by atoms with Crippen molar-refractivity contribution < 1.29 is 4.79 Å². The monoisotopic (exact) mass is 168 g/mol. The van der Waals surface area contributed by atoms with Gasteiger partial charge in [-0.3, -0.25) is 4.79 Å². The molecule has 0 spiro atoms. The molecule has 2 atom stereocenters. The Morgan fingerprint density at radius 1 is 1.25 bits per heavy atom. The molecular formula is C9H16N2O. The summed E-state index contributed by atoms with van der Waals surface area (Å²) in [6, 6.07) is 0.459. The molecule has 1 amide bonds. The van der Waals surface area contributed by atoms with Gasteiger partial charge in [0.25, 0.3) is 0 Å². The van der Waals surface area contributed by atoms with Gasteiger partial charge in [0.2, 0.25) is 5.91 Å². The maximum Gasteiger partial charge on any atom is 0.234 e. The number of rotatable bonds is 0. The molecule has 0 radical (unpaired) electrons. The van der Waals surface area contributed by atoms with E-state index < -0.39 is 0 Å². The van der Waals surface area contributed by atoms with Gasteiger partial charge in [-0.2, -0.15) is 0 Å². The lowest BCUT2D eigenvalue weighted by Crippen LogP contribution is -2.41. The maximum absolute atomic E-state index is 11.2. The summed E-state index contributed by atoms with van der Waals surface area (Å²) in [5.41, 5.74) is 0. The quantitative estimate of drug-likeness (QED) is 0.545. The fourth-order valence-corrected chi connectivity index (χ4v) is 2.27. The molecule has 1 heterocycles. The van der Waals surface area contributed by atoms with E-state index in [1.54, 1.807) is 0 Å². The highest BCUT2D eigenvalue weighted by Crippen LogP contribution is 2.24. The van der Waals surface area contributed by atoms with Crippen molar-refractivity contribution in [3.05, 3.63) is 0 Å². The lowest BCUT2D eigenvalue weighted by Gasteiger charge is -2.29. The topological polar surface area (TPSA) is 41.1 Å². The molecule has 1 saturated heterocycles. The Bertz CT molecular complexity index is 181. The van der Waals surface area contributed by atoms with Gasteiger partial charge in [0.15, 0.2) is 0 Å². The van der Waals surface area contributed by atoms with Crippen molar-refractivity contribution in [2.75, 3.05) is 13.1 Å². The first-order valence-corrected chi connectivity index (χ1v) is 4.86. The highest BCUT2D eigenvalue weighted by Gasteiger charge is 2.28. The smallest absolute Gasteiger partial charge is 0.234 e. The first-order valence-electron chi connectivity index (χ1n) is 4.86. The van der Waals surface area contributed by atoms with E-state index in [2.05, 4.69) is 10.6 Å². The molecule has 2 fully saturated rings. The summed E-state index contributed by atoms with van der Waals surface area (Å²) < 4.78 is 0. The predicted octanol–water partition coefficient (Wildman–Crippen LogP) is 0.265. The summed E-state index contributed by atoms with van der Waals surface area (Å²) >= 11 is 0. The number of fused-ring (bicyclic) bond motifs is 1. The van der Waals surface area contributed by atoms with E-state index in [0.717, 1.165) is 6.54 Å². The summed E-state index contributed by atoms with van der Waals surface area (Å²) in [5, 5.41) is 6.26. The third-order valence-electron chi connectivity index (χ3n) is 2.95. The summed E-state index contributed by atoms with van der Waals surface area (Å²) in [7, 11) is 0. The van der Waals surface area contributed by atoms with Crippen LogP contribution < -0.4 is 10.6 Å². The Hall–Kier alpha value is -0.570. The standard InChI is InChI=1S/C9H16N2O/c12-9-6-10-5-7-3-1-2-4-8(7)11-9/h7-8,10H,1-6H2,(H,11,12). The van der Waals surface area contributed by atoms with Gasteiger partial charge < -0.3 is 10.6 Å². The zero-order valence-electron chi connectivity index (χ0n) is 7.31. The lowest BCUT2D eigenvalue weighted by molar-refractivity contribution is -0.120. The van der Waals surface area contributed by atoms with Gasteiger partial charge in [0.05, 0.1) is 6.54 Å². The van der Waals surface area contributed by atoms with Gasteiger partial charge in [-0.25, -0.2) is 0 Å². The second kappa shape index (κ2) is 3.44. The minimum Gasteiger partial charge on any atom is -0.352 e. The zero-order chi connectivity index (χ0) is 8.39. The first kappa shape index (κ1) is 8.05. The molecule has 2 rings (SSSR count). The van der Waals surface area contributed by atoms with Crippen LogP contribution >= 0.6 is 0 Å². The van der Waals surface area contributed by atoms with Gasteiger partial charge in [0.1, 0.15) is 0 Å². The normalized spacial score (nSPS) is 36.5. The summed E-state index contributed by atoms with van der Waals surface area (Å²) in [5.74, 6) is 0.856. The van der Waals surface area contributed by atoms with Crippen LogP contribution in [-0.4, -0.2) is 25.0 Å².